The zero-order valence-electron chi connectivity index (χ0n) is 5.89. The molecular formula is C6H9N3O2. The second kappa shape index (κ2) is 2.69. The summed E-state index contributed by atoms with van der Waals surface area (Å²) in [5.41, 5.74) is 5.02. The van der Waals surface area contributed by atoms with Crippen molar-refractivity contribution in [1.82, 2.24) is 5.32 Å². The summed E-state index contributed by atoms with van der Waals surface area (Å²) in [6.45, 7) is 0.432. The number of hydrogen-bond acceptors (Lipinski definition) is 3. The number of carbonyl (C=O) groups excluding carboxylic acids is 2. The Bertz CT molecular complexity index is 208. The third-order valence-corrected chi connectivity index (χ3v) is 1.59. The number of nitrogens with two attached hydrogens (primary N) is 1. The van der Waals surface area contributed by atoms with E-state index in [-0.39, 0.29) is 5.71 Å². The first-order valence-electron chi connectivity index (χ1n) is 3.27. The van der Waals surface area contributed by atoms with Crippen molar-refractivity contribution in [1.29, 1.82) is 5.41 Å². The first-order valence-corrected chi connectivity index (χ1v) is 3.27. The minimum absolute atomic E-state index is 0.112. The Morgan fingerprint density at radius 1 is 1.73 bits per heavy atom. The molecule has 0 aromatic heterocycles. The van der Waals surface area contributed by atoms with Crippen molar-refractivity contribution in [3.63, 3.8) is 0 Å². The smallest absolute Gasteiger partial charge is 0.238 e. The van der Waals surface area contributed by atoms with Gasteiger partial charge in [0, 0.05) is 18.7 Å². The van der Waals surface area contributed by atoms with E-state index in [9.17, 15) is 9.59 Å². The minimum atomic E-state index is -1.04. The highest BCUT2D eigenvalue weighted by molar-refractivity contribution is 6.19. The van der Waals surface area contributed by atoms with Gasteiger partial charge in [-0.05, 0) is 0 Å². The fourth-order valence-electron chi connectivity index (χ4n) is 1.03. The van der Waals surface area contributed by atoms with Gasteiger partial charge in [-0.3, -0.25) is 9.59 Å². The molecule has 60 valence electrons. The average molecular weight is 155 g/mol. The number of primary amides is 1. The summed E-state index contributed by atoms with van der Waals surface area (Å²) in [5.74, 6) is -2.23. The molecule has 5 nitrogen and oxygen atoms in total. The predicted molar refractivity (Wildman–Crippen MR) is 38.0 cm³/mol. The van der Waals surface area contributed by atoms with E-state index in [4.69, 9.17) is 11.1 Å². The molecule has 0 saturated carbocycles. The van der Waals surface area contributed by atoms with Crippen LogP contribution in [-0.4, -0.2) is 24.1 Å². The van der Waals surface area contributed by atoms with E-state index < -0.39 is 17.7 Å². The second-order valence-electron chi connectivity index (χ2n) is 2.40. The Balaban J connectivity index is 2.79. The van der Waals surface area contributed by atoms with Crippen LogP contribution in [0, 0.1) is 11.3 Å². The highest BCUT2D eigenvalue weighted by Gasteiger charge is 2.31. The molecule has 1 fully saturated rings. The summed E-state index contributed by atoms with van der Waals surface area (Å²) in [7, 11) is 0. The summed E-state index contributed by atoms with van der Waals surface area (Å²) < 4.78 is 0. The standard InChI is InChI=1S/C6H9N3O2/c7-3-1-2-9-6(11)4(3)5(8)10/h4,7H,1-2H2,(H2,8,10)(H,9,11). The number of hydrogen-bond donors (Lipinski definition) is 3. The van der Waals surface area contributed by atoms with Crippen LogP contribution in [0.25, 0.3) is 0 Å². The molecule has 11 heavy (non-hydrogen) atoms. The van der Waals surface area contributed by atoms with Gasteiger partial charge < -0.3 is 16.5 Å². The number of rotatable bonds is 1. The molecule has 4 N–H and O–H groups in total. The highest BCUT2D eigenvalue weighted by Crippen LogP contribution is 2.06. The molecule has 1 saturated heterocycles. The zero-order valence-corrected chi connectivity index (χ0v) is 5.89. The van der Waals surface area contributed by atoms with Crippen LogP contribution >= 0.6 is 0 Å². The van der Waals surface area contributed by atoms with Gasteiger partial charge in [-0.15, -0.1) is 0 Å². The lowest BCUT2D eigenvalue weighted by molar-refractivity contribution is -0.131. The summed E-state index contributed by atoms with van der Waals surface area (Å²) >= 11 is 0. The Labute approximate surface area is 63.5 Å². The largest absolute Gasteiger partial charge is 0.369 e. The lowest BCUT2D eigenvalue weighted by Gasteiger charge is -2.19. The topological polar surface area (TPSA) is 96.0 Å². The van der Waals surface area contributed by atoms with Gasteiger partial charge in [0.2, 0.25) is 11.8 Å². The maximum Gasteiger partial charge on any atom is 0.238 e. The molecule has 0 bridgehead atoms. The maximum absolute atomic E-state index is 10.9. The number of amides is 2. The molecule has 1 atom stereocenters. The first kappa shape index (κ1) is 7.71. The molecule has 1 aliphatic rings. The van der Waals surface area contributed by atoms with Crippen LogP contribution in [0.4, 0.5) is 0 Å². The van der Waals surface area contributed by atoms with E-state index in [1.165, 1.54) is 0 Å². The molecule has 0 radical (unpaired) electrons. The van der Waals surface area contributed by atoms with E-state index >= 15 is 0 Å². The van der Waals surface area contributed by atoms with Gasteiger partial charge in [0.1, 0.15) is 0 Å². The summed E-state index contributed by atoms with van der Waals surface area (Å²) in [4.78, 5) is 21.5. The summed E-state index contributed by atoms with van der Waals surface area (Å²) in [6, 6.07) is 0. The van der Waals surface area contributed by atoms with Crippen LogP contribution in [0.1, 0.15) is 6.42 Å². The van der Waals surface area contributed by atoms with E-state index in [1.807, 2.05) is 0 Å². The van der Waals surface area contributed by atoms with Crippen molar-refractivity contribution in [3.8, 4) is 0 Å². The van der Waals surface area contributed by atoms with Gasteiger partial charge in [-0.25, -0.2) is 0 Å². The van der Waals surface area contributed by atoms with E-state index in [0.717, 1.165) is 0 Å². The summed E-state index contributed by atoms with van der Waals surface area (Å²) in [6.07, 6.45) is 0.416. The minimum Gasteiger partial charge on any atom is -0.369 e. The number of nitrogens with one attached hydrogen (secondary N) is 2. The Kier molecular flexibility index (Phi) is 1.89. The predicted octanol–water partition coefficient (Wildman–Crippen LogP) is -1.37. The van der Waals surface area contributed by atoms with Crippen molar-refractivity contribution < 1.29 is 9.59 Å². The highest BCUT2D eigenvalue weighted by atomic mass is 16.2. The molecule has 0 aliphatic carbocycles. The van der Waals surface area contributed by atoms with Crippen LogP contribution in [0.15, 0.2) is 0 Å². The van der Waals surface area contributed by atoms with Crippen LogP contribution in [0.2, 0.25) is 0 Å². The molecule has 1 rings (SSSR count). The van der Waals surface area contributed by atoms with Gasteiger partial charge in [-0.1, -0.05) is 0 Å². The maximum atomic E-state index is 10.9. The van der Waals surface area contributed by atoms with Crippen LogP contribution < -0.4 is 11.1 Å². The van der Waals surface area contributed by atoms with Gasteiger partial charge in [0.15, 0.2) is 5.92 Å². The molecule has 2 amide bonds. The Morgan fingerprint density at radius 2 is 2.36 bits per heavy atom. The number of carbonyl (C=O) groups is 2. The SMILES string of the molecule is N=C1CCNC(=O)C1C(N)=O. The zero-order chi connectivity index (χ0) is 8.43. The average Bonchev–Trinajstić information content (AvgIpc) is 1.85. The molecule has 0 spiro atoms. The van der Waals surface area contributed by atoms with Gasteiger partial charge in [0.05, 0.1) is 0 Å². The lowest BCUT2D eigenvalue weighted by Crippen LogP contribution is -2.48. The van der Waals surface area contributed by atoms with Crippen LogP contribution in [0.3, 0.4) is 0 Å². The number of piperidine rings is 1. The monoisotopic (exact) mass is 155 g/mol. The molecule has 1 heterocycles. The Morgan fingerprint density at radius 3 is 2.73 bits per heavy atom. The van der Waals surface area contributed by atoms with E-state index in [1.54, 1.807) is 0 Å². The van der Waals surface area contributed by atoms with Crippen LogP contribution in [0.5, 0.6) is 0 Å². The molecule has 0 aromatic rings. The van der Waals surface area contributed by atoms with Gasteiger partial charge >= 0.3 is 0 Å². The van der Waals surface area contributed by atoms with Crippen molar-refractivity contribution in [2.24, 2.45) is 11.7 Å². The molecule has 1 unspecified atom stereocenters. The third-order valence-electron chi connectivity index (χ3n) is 1.59. The van der Waals surface area contributed by atoms with Crippen molar-refractivity contribution in [3.05, 3.63) is 0 Å². The van der Waals surface area contributed by atoms with Crippen molar-refractivity contribution in [2.75, 3.05) is 6.54 Å². The normalized spacial score (nSPS) is 24.5. The molecule has 5 heteroatoms. The van der Waals surface area contributed by atoms with Crippen LogP contribution in [-0.2, 0) is 9.59 Å². The fraction of sp³-hybridized carbons (Fsp3) is 0.500. The molecular weight excluding hydrogens is 146 g/mol. The summed E-state index contributed by atoms with van der Waals surface area (Å²) in [5, 5.41) is 9.71. The van der Waals surface area contributed by atoms with E-state index in [0.29, 0.717) is 13.0 Å². The quantitative estimate of drug-likeness (QED) is 0.407. The fourth-order valence-corrected chi connectivity index (χ4v) is 1.03. The molecule has 0 aromatic carbocycles. The molecule has 1 aliphatic heterocycles. The Hall–Kier alpha value is -1.39. The van der Waals surface area contributed by atoms with E-state index in [2.05, 4.69) is 5.32 Å². The van der Waals surface area contributed by atoms with Gasteiger partial charge in [0.25, 0.3) is 0 Å². The third kappa shape index (κ3) is 1.36. The van der Waals surface area contributed by atoms with Crippen molar-refractivity contribution in [2.45, 2.75) is 6.42 Å². The van der Waals surface area contributed by atoms with Crippen molar-refractivity contribution >= 4 is 17.5 Å². The van der Waals surface area contributed by atoms with Gasteiger partial charge in [-0.2, -0.15) is 0 Å². The lowest BCUT2D eigenvalue weighted by atomic mass is 9.96. The second-order valence-corrected chi connectivity index (χ2v) is 2.40. The first-order chi connectivity index (χ1) is 5.13.